The molecular weight excluding hydrogens is 619 g/mol. The van der Waals surface area contributed by atoms with E-state index < -0.39 is 24.2 Å². The van der Waals surface area contributed by atoms with E-state index in [4.69, 9.17) is 6.85 Å². The van der Waals surface area contributed by atoms with Crippen molar-refractivity contribution >= 4 is 65.4 Å². The highest BCUT2D eigenvalue weighted by Gasteiger charge is 2.22. The fourth-order valence-electron chi connectivity index (χ4n) is 7.82. The second-order valence-electron chi connectivity index (χ2n) is 12.6. The number of para-hydroxylation sites is 6. The van der Waals surface area contributed by atoms with E-state index in [1.165, 1.54) is 0 Å². The normalized spacial score (nSPS) is 14.7. The van der Waals surface area contributed by atoms with Gasteiger partial charge in [-0.15, -0.1) is 0 Å². The Labute approximate surface area is 308 Å². The molecule has 11 rings (SSSR count). The van der Waals surface area contributed by atoms with Gasteiger partial charge in [0.05, 0.1) is 52.5 Å². The van der Waals surface area contributed by atoms with Gasteiger partial charge in [-0.05, 0) is 78.3 Å². The maximum Gasteiger partial charge on any atom is 0.0646 e. The molecule has 3 aromatic heterocycles. The SMILES string of the molecule is [2H]c1c([2H])c([2H])c2c(c1[2H])c1c3c4c([2H])c([2H])c([2H])c([2H])c4n(-c4ccccc4-c4ccc5c(c4)c4ccccc4n5-c4ccccc4)c3c([2H])c([2H])c1n2-c1ccccc1. The van der Waals surface area contributed by atoms with Gasteiger partial charge in [0.25, 0.3) is 0 Å². The lowest BCUT2D eigenvalue weighted by Gasteiger charge is -2.15. The van der Waals surface area contributed by atoms with Crippen LogP contribution in [0.1, 0.15) is 13.7 Å². The fourth-order valence-corrected chi connectivity index (χ4v) is 7.82. The van der Waals surface area contributed by atoms with Gasteiger partial charge < -0.3 is 13.7 Å². The molecule has 238 valence electrons. The van der Waals surface area contributed by atoms with Gasteiger partial charge in [0.2, 0.25) is 0 Å². The molecule has 51 heavy (non-hydrogen) atoms. The molecule has 8 aromatic carbocycles. The minimum atomic E-state index is -0.492. The number of fused-ring (bicyclic) bond motifs is 10. The van der Waals surface area contributed by atoms with Crippen molar-refractivity contribution in [2.75, 3.05) is 0 Å². The van der Waals surface area contributed by atoms with Crippen LogP contribution >= 0.6 is 0 Å². The molecule has 0 aliphatic carbocycles. The first-order chi connectivity index (χ1) is 29.5. The quantitative estimate of drug-likeness (QED) is 0.179. The lowest BCUT2D eigenvalue weighted by atomic mass is 10.0. The number of hydrogen-bond donors (Lipinski definition) is 0. The lowest BCUT2D eigenvalue weighted by Crippen LogP contribution is -1.97. The zero-order chi connectivity index (χ0) is 42.2. The third-order valence-electron chi connectivity index (χ3n) is 9.91. The van der Waals surface area contributed by atoms with Crippen LogP contribution in [0, 0.1) is 0 Å². The van der Waals surface area contributed by atoms with Crippen LogP contribution in [0.4, 0.5) is 0 Å². The van der Waals surface area contributed by atoms with Gasteiger partial charge in [0.15, 0.2) is 0 Å². The van der Waals surface area contributed by atoms with Crippen molar-refractivity contribution in [3.05, 3.63) is 188 Å². The molecule has 0 bridgehead atoms. The van der Waals surface area contributed by atoms with Gasteiger partial charge in [-0.25, -0.2) is 0 Å². The van der Waals surface area contributed by atoms with E-state index >= 15 is 0 Å². The monoisotopic (exact) mass is 659 g/mol. The van der Waals surface area contributed by atoms with Crippen LogP contribution in [-0.4, -0.2) is 13.7 Å². The van der Waals surface area contributed by atoms with Crippen LogP contribution in [0.5, 0.6) is 0 Å². The Hall–Kier alpha value is -6.84. The Morgan fingerprint density at radius 2 is 0.882 bits per heavy atom. The molecule has 3 heterocycles. The van der Waals surface area contributed by atoms with Crippen molar-refractivity contribution in [3.63, 3.8) is 0 Å². The Bertz CT molecular complexity index is 3700. The first-order valence-electron chi connectivity index (χ1n) is 21.7. The van der Waals surface area contributed by atoms with Gasteiger partial charge >= 0.3 is 0 Å². The fraction of sp³-hybridized carbons (Fsp3) is 0. The Balaban J connectivity index is 1.32. The molecular formula is C48H31N3. The Kier molecular flexibility index (Phi) is 4.24. The minimum absolute atomic E-state index is 0.0789. The molecule has 3 heteroatoms. The van der Waals surface area contributed by atoms with Crippen LogP contribution in [0.3, 0.4) is 0 Å². The zero-order valence-electron chi connectivity index (χ0n) is 37.0. The van der Waals surface area contributed by atoms with Crippen molar-refractivity contribution in [3.8, 4) is 28.2 Å². The molecule has 0 amide bonds. The molecule has 0 radical (unpaired) electrons. The van der Waals surface area contributed by atoms with Crippen LogP contribution < -0.4 is 0 Å². The third-order valence-corrected chi connectivity index (χ3v) is 9.91. The maximum atomic E-state index is 9.82. The van der Waals surface area contributed by atoms with Crippen LogP contribution in [0.2, 0.25) is 0 Å². The van der Waals surface area contributed by atoms with E-state index in [0.29, 0.717) is 16.9 Å². The summed E-state index contributed by atoms with van der Waals surface area (Å²) in [6.07, 6.45) is 0. The topological polar surface area (TPSA) is 14.8 Å². The summed E-state index contributed by atoms with van der Waals surface area (Å²) in [4.78, 5) is 0. The summed E-state index contributed by atoms with van der Waals surface area (Å²) < 4.78 is 97.4. The van der Waals surface area contributed by atoms with Gasteiger partial charge in [-0.2, -0.15) is 0 Å². The molecule has 0 atom stereocenters. The largest absolute Gasteiger partial charge is 0.309 e. The Morgan fingerprint density at radius 3 is 1.59 bits per heavy atom. The number of aromatic nitrogens is 3. The highest BCUT2D eigenvalue weighted by Crippen LogP contribution is 2.44. The summed E-state index contributed by atoms with van der Waals surface area (Å²) in [6.45, 7) is 0. The molecule has 0 saturated carbocycles. The average molecular weight is 660 g/mol. The average Bonchev–Trinajstić information content (AvgIpc) is 3.95. The summed E-state index contributed by atoms with van der Waals surface area (Å²) in [7, 11) is 0. The van der Waals surface area contributed by atoms with Crippen molar-refractivity contribution in [2.24, 2.45) is 0 Å². The molecule has 0 aliphatic rings. The first kappa shape index (κ1) is 20.0. The summed E-state index contributed by atoms with van der Waals surface area (Å²) in [6, 6.07) is 37.0. The molecule has 0 aliphatic heterocycles. The number of nitrogens with zero attached hydrogens (tertiary/aromatic N) is 3. The van der Waals surface area contributed by atoms with E-state index in [9.17, 15) is 6.85 Å². The number of rotatable bonds is 4. The van der Waals surface area contributed by atoms with Crippen LogP contribution in [0.15, 0.2) is 188 Å². The third kappa shape index (κ3) is 4.00. The van der Waals surface area contributed by atoms with Gasteiger partial charge in [-0.3, -0.25) is 0 Å². The first-order valence-corrected chi connectivity index (χ1v) is 16.7. The highest BCUT2D eigenvalue weighted by atomic mass is 15.0. The van der Waals surface area contributed by atoms with E-state index in [1.807, 2.05) is 66.7 Å². The second kappa shape index (κ2) is 10.8. The van der Waals surface area contributed by atoms with Crippen molar-refractivity contribution in [1.82, 2.24) is 13.7 Å². The zero-order valence-corrected chi connectivity index (χ0v) is 27.0. The van der Waals surface area contributed by atoms with Crippen molar-refractivity contribution < 1.29 is 13.7 Å². The van der Waals surface area contributed by atoms with E-state index in [1.54, 1.807) is 33.4 Å². The molecule has 0 saturated heterocycles. The molecule has 11 aromatic rings. The minimum Gasteiger partial charge on any atom is -0.309 e. The van der Waals surface area contributed by atoms with E-state index in [-0.39, 0.29) is 79.9 Å². The molecule has 0 spiro atoms. The molecule has 0 N–H and O–H groups in total. The summed E-state index contributed by atoms with van der Waals surface area (Å²) in [5.41, 5.74) is 5.98. The predicted octanol–water partition coefficient (Wildman–Crippen LogP) is 12.6. The maximum absolute atomic E-state index is 9.82. The second-order valence-corrected chi connectivity index (χ2v) is 12.6. The molecule has 0 unspecified atom stereocenters. The lowest BCUT2D eigenvalue weighted by molar-refractivity contribution is 1.17. The highest BCUT2D eigenvalue weighted by molar-refractivity contribution is 6.29. The van der Waals surface area contributed by atoms with Crippen LogP contribution in [-0.2, 0) is 0 Å². The van der Waals surface area contributed by atoms with E-state index in [2.05, 4.69) is 41.0 Å². The van der Waals surface area contributed by atoms with Gasteiger partial charge in [-0.1, -0.05) is 115 Å². The summed E-state index contributed by atoms with van der Waals surface area (Å²) in [5, 5.41) is 2.59. The predicted molar refractivity (Wildman–Crippen MR) is 215 cm³/mol. The van der Waals surface area contributed by atoms with Gasteiger partial charge in [0.1, 0.15) is 0 Å². The van der Waals surface area contributed by atoms with Crippen molar-refractivity contribution in [1.29, 1.82) is 0 Å². The van der Waals surface area contributed by atoms with E-state index in [0.717, 1.165) is 33.1 Å². The molecule has 0 fully saturated rings. The summed E-state index contributed by atoms with van der Waals surface area (Å²) in [5.74, 6) is 0. The molecule has 3 nitrogen and oxygen atoms in total. The summed E-state index contributed by atoms with van der Waals surface area (Å²) >= 11 is 0. The number of benzene rings is 8. The van der Waals surface area contributed by atoms with Crippen LogP contribution in [0.25, 0.3) is 93.6 Å². The standard InChI is InChI=1S/C48H31N3/c1-3-15-33(16-4-1)49-41-24-12-8-20-36(41)39-31-32(27-28-44(39)49)35-19-7-11-23-40(35)51-43-26-14-10-22-38(43)48-46(51)30-29-45-47(48)37-21-9-13-25-42(37)50(45)34-17-5-2-6-18-34/h1-31H/i9D,10D,13D,14D,21D,22D,25D,26D,29D,30D. The smallest absolute Gasteiger partial charge is 0.0646 e. The number of hydrogen-bond acceptors (Lipinski definition) is 0. The van der Waals surface area contributed by atoms with Gasteiger partial charge in [0, 0.05) is 49.3 Å². The van der Waals surface area contributed by atoms with Crippen molar-refractivity contribution in [2.45, 2.75) is 0 Å². The Morgan fingerprint density at radius 1 is 0.353 bits per heavy atom.